The molecule has 0 bridgehead atoms. The summed E-state index contributed by atoms with van der Waals surface area (Å²) in [6, 6.07) is 7.08. The number of likely N-dealkylation sites (tertiary alicyclic amines) is 1. The van der Waals surface area contributed by atoms with Gasteiger partial charge in [-0.2, -0.15) is 0 Å². The van der Waals surface area contributed by atoms with E-state index < -0.39 is 11.4 Å². The van der Waals surface area contributed by atoms with Gasteiger partial charge >= 0.3 is 5.97 Å². The van der Waals surface area contributed by atoms with Gasteiger partial charge in [0.2, 0.25) is 5.91 Å². The Morgan fingerprint density at radius 2 is 2.12 bits per heavy atom. The number of carbonyl (C=O) groups is 2. The van der Waals surface area contributed by atoms with Crippen LogP contribution in [0.25, 0.3) is 0 Å². The number of amides is 1. The van der Waals surface area contributed by atoms with Gasteiger partial charge in [-0.05, 0) is 37.6 Å². The number of thiazole rings is 1. The standard InChI is InChI=1S/C18H19ClN2O4S/c1-18(17(23)24)6-7-21(11-18)16(22)8-13-10-26-15(20-13)9-25-14-4-2-12(19)3-5-14/h2-5,10H,6-9,11H2,1H3,(H,23,24)/t18-/m1/s1. The highest BCUT2D eigenvalue weighted by Gasteiger charge is 2.42. The molecule has 1 fully saturated rings. The van der Waals surface area contributed by atoms with Crippen molar-refractivity contribution in [3.63, 3.8) is 0 Å². The fourth-order valence-electron chi connectivity index (χ4n) is 2.79. The summed E-state index contributed by atoms with van der Waals surface area (Å²) in [5, 5.41) is 12.5. The van der Waals surface area contributed by atoms with Gasteiger partial charge in [0.15, 0.2) is 0 Å². The molecule has 138 valence electrons. The molecule has 6 nitrogen and oxygen atoms in total. The van der Waals surface area contributed by atoms with E-state index in [1.807, 2.05) is 5.38 Å². The maximum absolute atomic E-state index is 12.4. The summed E-state index contributed by atoms with van der Waals surface area (Å²) < 4.78 is 5.65. The van der Waals surface area contributed by atoms with E-state index in [2.05, 4.69) is 4.98 Å². The Kier molecular flexibility index (Phi) is 5.48. The van der Waals surface area contributed by atoms with Crippen LogP contribution in [0.2, 0.25) is 5.02 Å². The number of carboxylic acids is 1. The summed E-state index contributed by atoms with van der Waals surface area (Å²) >= 11 is 7.27. The van der Waals surface area contributed by atoms with Gasteiger partial charge in [0.1, 0.15) is 17.4 Å². The number of aromatic nitrogens is 1. The SMILES string of the molecule is C[C@@]1(C(=O)O)CCN(C(=O)Cc2csc(COc3ccc(Cl)cc3)n2)C1. The van der Waals surface area contributed by atoms with E-state index in [9.17, 15) is 14.7 Å². The van der Waals surface area contributed by atoms with Crippen molar-refractivity contribution in [3.05, 3.63) is 45.4 Å². The molecule has 1 saturated heterocycles. The summed E-state index contributed by atoms with van der Waals surface area (Å²) in [5.74, 6) is -0.249. The minimum atomic E-state index is -0.858. The second kappa shape index (κ2) is 7.63. The molecule has 1 amide bonds. The van der Waals surface area contributed by atoms with Crippen LogP contribution in [0.4, 0.5) is 0 Å². The lowest BCUT2D eigenvalue weighted by atomic mass is 9.90. The van der Waals surface area contributed by atoms with Crippen LogP contribution in [-0.2, 0) is 22.6 Å². The normalized spacial score (nSPS) is 19.5. The van der Waals surface area contributed by atoms with Crippen LogP contribution in [-0.4, -0.2) is 40.0 Å². The molecule has 1 aliphatic heterocycles. The van der Waals surface area contributed by atoms with Gasteiger partial charge in [0.05, 0.1) is 17.5 Å². The molecule has 2 aromatic rings. The van der Waals surface area contributed by atoms with Gasteiger partial charge < -0.3 is 14.7 Å². The first-order valence-electron chi connectivity index (χ1n) is 8.18. The Labute approximate surface area is 160 Å². The van der Waals surface area contributed by atoms with Crippen molar-refractivity contribution in [2.45, 2.75) is 26.4 Å². The minimum absolute atomic E-state index is 0.0922. The van der Waals surface area contributed by atoms with Crippen LogP contribution >= 0.6 is 22.9 Å². The molecule has 1 aromatic heterocycles. The van der Waals surface area contributed by atoms with E-state index in [0.717, 1.165) is 5.01 Å². The van der Waals surface area contributed by atoms with Crippen LogP contribution < -0.4 is 4.74 Å². The average molecular weight is 395 g/mol. The first-order valence-corrected chi connectivity index (χ1v) is 9.44. The molecular formula is C18H19ClN2O4S. The molecule has 0 aliphatic carbocycles. The second-order valence-corrected chi connectivity index (χ2v) is 7.96. The van der Waals surface area contributed by atoms with E-state index in [0.29, 0.717) is 36.0 Å². The number of hydrogen-bond donors (Lipinski definition) is 1. The third-order valence-electron chi connectivity index (χ3n) is 4.45. The number of rotatable bonds is 6. The van der Waals surface area contributed by atoms with E-state index in [4.69, 9.17) is 16.3 Å². The van der Waals surface area contributed by atoms with Crippen molar-refractivity contribution >= 4 is 34.8 Å². The predicted octanol–water partition coefficient (Wildman–Crippen LogP) is 3.24. The highest BCUT2D eigenvalue weighted by Crippen LogP contribution is 2.30. The zero-order valence-electron chi connectivity index (χ0n) is 14.3. The van der Waals surface area contributed by atoms with Gasteiger partial charge in [-0.15, -0.1) is 11.3 Å². The van der Waals surface area contributed by atoms with Crippen molar-refractivity contribution in [2.24, 2.45) is 5.41 Å². The highest BCUT2D eigenvalue weighted by molar-refractivity contribution is 7.09. The molecule has 0 saturated carbocycles. The zero-order valence-corrected chi connectivity index (χ0v) is 15.8. The molecule has 8 heteroatoms. The summed E-state index contributed by atoms with van der Waals surface area (Å²) in [6.45, 7) is 2.72. The number of ether oxygens (including phenoxy) is 1. The van der Waals surface area contributed by atoms with Gasteiger partial charge in [0, 0.05) is 23.5 Å². The Hall–Kier alpha value is -2.12. The third-order valence-corrected chi connectivity index (χ3v) is 5.57. The van der Waals surface area contributed by atoms with E-state index in [1.54, 1.807) is 36.1 Å². The number of aliphatic carboxylic acids is 1. The molecule has 1 N–H and O–H groups in total. The fraction of sp³-hybridized carbons (Fsp3) is 0.389. The molecule has 0 radical (unpaired) electrons. The number of benzene rings is 1. The van der Waals surface area contributed by atoms with Crippen LogP contribution in [0.5, 0.6) is 5.75 Å². The van der Waals surface area contributed by atoms with Gasteiger partial charge in [0.25, 0.3) is 0 Å². The first-order chi connectivity index (χ1) is 12.4. The molecule has 1 atom stereocenters. The Morgan fingerprint density at radius 3 is 2.77 bits per heavy atom. The summed E-state index contributed by atoms with van der Waals surface area (Å²) in [5.41, 5.74) is -0.173. The number of hydrogen-bond acceptors (Lipinski definition) is 5. The number of carboxylic acid groups (broad SMARTS) is 1. The van der Waals surface area contributed by atoms with Gasteiger partial charge in [-0.1, -0.05) is 11.6 Å². The van der Waals surface area contributed by atoms with Gasteiger partial charge in [-0.3, -0.25) is 9.59 Å². The van der Waals surface area contributed by atoms with Crippen molar-refractivity contribution in [3.8, 4) is 5.75 Å². The average Bonchev–Trinajstić information content (AvgIpc) is 3.22. The Morgan fingerprint density at radius 1 is 1.38 bits per heavy atom. The van der Waals surface area contributed by atoms with Crippen LogP contribution in [0.3, 0.4) is 0 Å². The fourth-order valence-corrected chi connectivity index (χ4v) is 3.62. The number of carbonyl (C=O) groups excluding carboxylic acids is 1. The quantitative estimate of drug-likeness (QED) is 0.813. The second-order valence-electron chi connectivity index (χ2n) is 6.58. The summed E-state index contributed by atoms with van der Waals surface area (Å²) in [4.78, 5) is 29.7. The highest BCUT2D eigenvalue weighted by atomic mass is 35.5. The molecule has 1 aromatic carbocycles. The Balaban J connectivity index is 1.52. The third kappa shape index (κ3) is 4.34. The van der Waals surface area contributed by atoms with Gasteiger partial charge in [-0.25, -0.2) is 4.98 Å². The molecule has 0 spiro atoms. The molecule has 2 heterocycles. The molecule has 3 rings (SSSR count). The Bertz CT molecular complexity index is 808. The number of nitrogens with zero attached hydrogens (tertiary/aromatic N) is 2. The summed E-state index contributed by atoms with van der Waals surface area (Å²) in [7, 11) is 0. The lowest BCUT2D eigenvalue weighted by Crippen LogP contribution is -2.35. The van der Waals surface area contributed by atoms with E-state index >= 15 is 0 Å². The smallest absolute Gasteiger partial charge is 0.311 e. The predicted molar refractivity (Wildman–Crippen MR) is 98.5 cm³/mol. The maximum Gasteiger partial charge on any atom is 0.311 e. The monoisotopic (exact) mass is 394 g/mol. The first kappa shape index (κ1) is 18.7. The number of halogens is 1. The van der Waals surface area contributed by atoms with Crippen molar-refractivity contribution in [1.82, 2.24) is 9.88 Å². The molecule has 26 heavy (non-hydrogen) atoms. The lowest BCUT2D eigenvalue weighted by Gasteiger charge is -2.19. The van der Waals surface area contributed by atoms with Crippen molar-refractivity contribution < 1.29 is 19.4 Å². The van der Waals surface area contributed by atoms with Crippen LogP contribution in [0.1, 0.15) is 24.0 Å². The molecule has 1 aliphatic rings. The molecular weight excluding hydrogens is 376 g/mol. The zero-order chi connectivity index (χ0) is 18.7. The van der Waals surface area contributed by atoms with Crippen molar-refractivity contribution in [2.75, 3.05) is 13.1 Å². The van der Waals surface area contributed by atoms with E-state index in [-0.39, 0.29) is 18.9 Å². The largest absolute Gasteiger partial charge is 0.486 e. The van der Waals surface area contributed by atoms with Crippen molar-refractivity contribution in [1.29, 1.82) is 0 Å². The minimum Gasteiger partial charge on any atom is -0.486 e. The maximum atomic E-state index is 12.4. The van der Waals surface area contributed by atoms with Crippen LogP contribution in [0, 0.1) is 5.41 Å². The summed E-state index contributed by atoms with van der Waals surface area (Å²) in [6.07, 6.45) is 0.651. The molecule has 0 unspecified atom stereocenters. The van der Waals surface area contributed by atoms with Crippen LogP contribution in [0.15, 0.2) is 29.6 Å². The topological polar surface area (TPSA) is 79.7 Å². The van der Waals surface area contributed by atoms with E-state index in [1.165, 1.54) is 11.3 Å². The lowest BCUT2D eigenvalue weighted by molar-refractivity contribution is -0.147.